The summed E-state index contributed by atoms with van der Waals surface area (Å²) in [4.78, 5) is 12.0. The number of nitrogens with zero attached hydrogens (tertiary/aromatic N) is 2. The van der Waals surface area contributed by atoms with E-state index in [-0.39, 0.29) is 17.4 Å². The maximum atomic E-state index is 11.8. The highest BCUT2D eigenvalue weighted by Crippen LogP contribution is 2.33. The SMILES string of the molecule is COC(=O)Cn1nc(C)c(Br)c1-c1ccc(-c2cccc(S(C)(=O)=O)c2)cc1. The summed E-state index contributed by atoms with van der Waals surface area (Å²) in [6, 6.07) is 14.5. The van der Waals surface area contributed by atoms with E-state index in [2.05, 4.69) is 21.0 Å². The second-order valence-electron chi connectivity index (χ2n) is 6.36. The lowest BCUT2D eigenvalue weighted by Crippen LogP contribution is -2.13. The molecule has 0 atom stereocenters. The van der Waals surface area contributed by atoms with Gasteiger partial charge in [0.15, 0.2) is 9.84 Å². The Hall–Kier alpha value is -2.45. The largest absolute Gasteiger partial charge is 0.468 e. The van der Waals surface area contributed by atoms with Gasteiger partial charge in [-0.15, -0.1) is 0 Å². The van der Waals surface area contributed by atoms with Gasteiger partial charge in [-0.2, -0.15) is 5.10 Å². The van der Waals surface area contributed by atoms with Crippen molar-refractivity contribution in [1.29, 1.82) is 0 Å². The van der Waals surface area contributed by atoms with Crippen LogP contribution in [0.2, 0.25) is 0 Å². The summed E-state index contributed by atoms with van der Waals surface area (Å²) in [5.41, 5.74) is 4.12. The first-order valence-electron chi connectivity index (χ1n) is 8.41. The standard InChI is InChI=1S/C20H19BrN2O4S/c1-13-19(21)20(23(22-13)12-18(24)27-2)15-9-7-14(8-10-15)16-5-4-6-17(11-16)28(3,25)26/h4-11H,12H2,1-3H3. The van der Waals surface area contributed by atoms with Crippen LogP contribution in [0.3, 0.4) is 0 Å². The minimum atomic E-state index is -3.27. The van der Waals surface area contributed by atoms with Crippen molar-refractivity contribution < 1.29 is 17.9 Å². The number of rotatable bonds is 5. The molecule has 0 N–H and O–H groups in total. The normalized spacial score (nSPS) is 11.4. The molecule has 0 aliphatic rings. The lowest BCUT2D eigenvalue weighted by atomic mass is 10.0. The molecule has 0 fully saturated rings. The molecule has 2 aromatic carbocycles. The molecule has 0 aliphatic heterocycles. The van der Waals surface area contributed by atoms with Crippen molar-refractivity contribution in [3.8, 4) is 22.4 Å². The van der Waals surface area contributed by atoms with E-state index < -0.39 is 9.84 Å². The van der Waals surface area contributed by atoms with E-state index in [1.165, 1.54) is 13.4 Å². The van der Waals surface area contributed by atoms with Gasteiger partial charge in [-0.3, -0.25) is 9.48 Å². The summed E-state index contributed by atoms with van der Waals surface area (Å²) in [6.45, 7) is 1.86. The Morgan fingerprint density at radius 1 is 1.11 bits per heavy atom. The molecule has 1 aromatic heterocycles. The predicted molar refractivity (Wildman–Crippen MR) is 111 cm³/mol. The van der Waals surface area contributed by atoms with Crippen LogP contribution in [0.15, 0.2) is 57.9 Å². The van der Waals surface area contributed by atoms with Crippen molar-refractivity contribution in [1.82, 2.24) is 9.78 Å². The van der Waals surface area contributed by atoms with Crippen molar-refractivity contribution in [2.24, 2.45) is 0 Å². The zero-order chi connectivity index (χ0) is 20.5. The number of hydrogen-bond acceptors (Lipinski definition) is 5. The Morgan fingerprint density at radius 2 is 1.75 bits per heavy atom. The fourth-order valence-corrected chi connectivity index (χ4v) is 4.04. The van der Waals surface area contributed by atoms with Gasteiger partial charge in [0.05, 0.1) is 27.9 Å². The van der Waals surface area contributed by atoms with Crippen molar-refractivity contribution >= 4 is 31.7 Å². The Balaban J connectivity index is 1.99. The lowest BCUT2D eigenvalue weighted by molar-refractivity contribution is -0.141. The summed E-state index contributed by atoms with van der Waals surface area (Å²) >= 11 is 3.54. The zero-order valence-corrected chi connectivity index (χ0v) is 18.0. The van der Waals surface area contributed by atoms with Gasteiger partial charge in [-0.1, -0.05) is 36.4 Å². The third-order valence-electron chi connectivity index (χ3n) is 4.31. The summed E-state index contributed by atoms with van der Waals surface area (Å²) in [7, 11) is -1.93. The molecule has 0 saturated heterocycles. The molecule has 0 radical (unpaired) electrons. The molecule has 8 heteroatoms. The first-order chi connectivity index (χ1) is 13.2. The molecule has 0 amide bonds. The van der Waals surface area contributed by atoms with E-state index in [9.17, 15) is 13.2 Å². The summed E-state index contributed by atoms with van der Waals surface area (Å²) in [5.74, 6) is -0.384. The quantitative estimate of drug-likeness (QED) is 0.537. The van der Waals surface area contributed by atoms with Gasteiger partial charge in [-0.05, 0) is 46.1 Å². The van der Waals surface area contributed by atoms with Crippen LogP contribution in [0.5, 0.6) is 0 Å². The van der Waals surface area contributed by atoms with Crippen LogP contribution in [0.25, 0.3) is 22.4 Å². The van der Waals surface area contributed by atoms with E-state index >= 15 is 0 Å². The number of carbonyl (C=O) groups excluding carboxylic acids is 1. The Morgan fingerprint density at radius 3 is 2.36 bits per heavy atom. The van der Waals surface area contributed by atoms with Crippen LogP contribution in [0.1, 0.15) is 5.69 Å². The Labute approximate surface area is 172 Å². The zero-order valence-electron chi connectivity index (χ0n) is 15.6. The molecular weight excluding hydrogens is 444 g/mol. The van der Waals surface area contributed by atoms with Gasteiger partial charge < -0.3 is 4.74 Å². The van der Waals surface area contributed by atoms with Crippen LogP contribution >= 0.6 is 15.9 Å². The van der Waals surface area contributed by atoms with Crippen LogP contribution in [0.4, 0.5) is 0 Å². The molecular formula is C20H19BrN2O4S. The highest BCUT2D eigenvalue weighted by Gasteiger charge is 2.17. The van der Waals surface area contributed by atoms with E-state index in [4.69, 9.17) is 4.74 Å². The number of methoxy groups -OCH3 is 1. The molecule has 1 heterocycles. The van der Waals surface area contributed by atoms with Gasteiger partial charge in [-0.25, -0.2) is 8.42 Å². The molecule has 28 heavy (non-hydrogen) atoms. The van der Waals surface area contributed by atoms with Gasteiger partial charge in [0.25, 0.3) is 0 Å². The number of hydrogen-bond donors (Lipinski definition) is 0. The molecule has 0 unspecified atom stereocenters. The van der Waals surface area contributed by atoms with Crippen LogP contribution < -0.4 is 0 Å². The number of benzene rings is 2. The number of aromatic nitrogens is 2. The number of esters is 1. The maximum Gasteiger partial charge on any atom is 0.327 e. The molecule has 146 valence electrons. The van der Waals surface area contributed by atoms with Crippen molar-refractivity contribution in [3.05, 3.63) is 58.7 Å². The maximum absolute atomic E-state index is 11.8. The fourth-order valence-electron chi connectivity index (χ4n) is 2.86. The van der Waals surface area contributed by atoms with E-state index in [0.717, 1.165) is 32.6 Å². The average molecular weight is 463 g/mol. The van der Waals surface area contributed by atoms with Crippen LogP contribution in [-0.4, -0.2) is 37.5 Å². The van der Waals surface area contributed by atoms with Crippen molar-refractivity contribution in [3.63, 3.8) is 0 Å². The Kier molecular flexibility index (Phi) is 5.71. The molecule has 0 aliphatic carbocycles. The van der Waals surface area contributed by atoms with E-state index in [1.54, 1.807) is 22.9 Å². The molecule has 0 saturated carbocycles. The highest BCUT2D eigenvalue weighted by atomic mass is 79.9. The van der Waals surface area contributed by atoms with Crippen molar-refractivity contribution in [2.45, 2.75) is 18.4 Å². The van der Waals surface area contributed by atoms with Crippen LogP contribution in [0, 0.1) is 6.92 Å². The minimum absolute atomic E-state index is 0.0103. The van der Waals surface area contributed by atoms with Crippen LogP contribution in [-0.2, 0) is 25.9 Å². The number of ether oxygens (including phenoxy) is 1. The summed E-state index contributed by atoms with van der Waals surface area (Å²) < 4.78 is 30.7. The van der Waals surface area contributed by atoms with Gasteiger partial charge in [0.2, 0.25) is 0 Å². The molecule has 0 bridgehead atoms. The average Bonchev–Trinajstić information content (AvgIpc) is 2.94. The lowest BCUT2D eigenvalue weighted by Gasteiger charge is -2.09. The monoisotopic (exact) mass is 462 g/mol. The van der Waals surface area contributed by atoms with E-state index in [1.807, 2.05) is 37.3 Å². The first kappa shape index (κ1) is 20.3. The highest BCUT2D eigenvalue weighted by molar-refractivity contribution is 9.10. The van der Waals surface area contributed by atoms with Gasteiger partial charge >= 0.3 is 5.97 Å². The Bertz CT molecular complexity index is 1140. The number of sulfone groups is 1. The number of carbonyl (C=O) groups is 1. The third kappa shape index (κ3) is 4.18. The third-order valence-corrected chi connectivity index (χ3v) is 6.37. The molecule has 0 spiro atoms. The second-order valence-corrected chi connectivity index (χ2v) is 9.17. The van der Waals surface area contributed by atoms with Gasteiger partial charge in [0, 0.05) is 11.8 Å². The summed E-state index contributed by atoms with van der Waals surface area (Å²) in [5, 5.41) is 4.40. The molecule has 3 aromatic rings. The van der Waals surface area contributed by atoms with E-state index in [0.29, 0.717) is 0 Å². The first-order valence-corrected chi connectivity index (χ1v) is 11.1. The number of halogens is 1. The smallest absolute Gasteiger partial charge is 0.327 e. The molecule has 6 nitrogen and oxygen atoms in total. The predicted octanol–water partition coefficient (Wildman–Crippen LogP) is 3.86. The fraction of sp³-hybridized carbons (Fsp3) is 0.200. The summed E-state index contributed by atoms with van der Waals surface area (Å²) in [6.07, 6.45) is 1.19. The van der Waals surface area contributed by atoms with Gasteiger partial charge in [0.1, 0.15) is 6.54 Å². The topological polar surface area (TPSA) is 78.3 Å². The minimum Gasteiger partial charge on any atom is -0.468 e. The second kappa shape index (κ2) is 7.89. The molecule has 3 rings (SSSR count). The number of aryl methyl sites for hydroxylation is 1. The van der Waals surface area contributed by atoms with Crippen molar-refractivity contribution in [2.75, 3.05) is 13.4 Å².